The number of aliphatic hydroxyl groups excluding tert-OH is 1. The zero-order chi connectivity index (χ0) is 25.2. The molecule has 0 radical (unpaired) electrons. The minimum atomic E-state index is -4.64. The normalized spacial score (nSPS) is 12.5. The number of halogens is 3. The van der Waals surface area contributed by atoms with Crippen LogP contribution in [0.4, 0.5) is 24.5 Å². The first-order valence-electron chi connectivity index (χ1n) is 10.7. The van der Waals surface area contributed by atoms with Gasteiger partial charge in [-0.1, -0.05) is 36.4 Å². The third kappa shape index (κ3) is 5.28. The summed E-state index contributed by atoms with van der Waals surface area (Å²) in [6.45, 7) is 2.01. The van der Waals surface area contributed by atoms with Crippen LogP contribution < -0.4 is 10.6 Å². The van der Waals surface area contributed by atoms with Gasteiger partial charge in [0.05, 0.1) is 16.6 Å². The van der Waals surface area contributed by atoms with Gasteiger partial charge in [-0.2, -0.15) is 13.2 Å². The number of nitrogens with one attached hydrogen (secondary N) is 3. The van der Waals surface area contributed by atoms with Gasteiger partial charge in [-0.25, -0.2) is 4.98 Å². The van der Waals surface area contributed by atoms with Gasteiger partial charge >= 0.3 is 6.18 Å². The van der Waals surface area contributed by atoms with Crippen LogP contribution in [-0.2, 0) is 17.5 Å². The van der Waals surface area contributed by atoms with Gasteiger partial charge in [0.2, 0.25) is 0 Å². The minimum Gasteiger partial charge on any atom is -0.377 e. The van der Waals surface area contributed by atoms with Crippen molar-refractivity contribution < 1.29 is 27.8 Å². The van der Waals surface area contributed by atoms with E-state index >= 15 is 0 Å². The molecule has 0 aliphatic heterocycles. The number of aromatic nitrogens is 2. The highest BCUT2D eigenvalue weighted by Crippen LogP contribution is 2.35. The van der Waals surface area contributed by atoms with E-state index < -0.39 is 23.9 Å². The van der Waals surface area contributed by atoms with Gasteiger partial charge in [-0.3, -0.25) is 4.79 Å². The number of para-hydroxylation sites is 1. The monoisotopic (exact) mass is 484 g/mol. The lowest BCUT2D eigenvalue weighted by Gasteiger charge is -2.20. The molecule has 35 heavy (non-hydrogen) atoms. The second-order valence-corrected chi connectivity index (χ2v) is 7.94. The number of rotatable bonds is 7. The first-order valence-corrected chi connectivity index (χ1v) is 10.7. The Kier molecular flexibility index (Phi) is 6.77. The van der Waals surface area contributed by atoms with Crippen LogP contribution in [0.15, 0.2) is 60.7 Å². The number of hydrogen-bond acceptors (Lipinski definition) is 5. The molecule has 0 fully saturated rings. The number of alkyl halides is 3. The lowest BCUT2D eigenvalue weighted by atomic mass is 10.0. The maximum absolute atomic E-state index is 13.4. The number of hydrogen-bond donors (Lipinski definition) is 4. The number of ether oxygens (including phenoxy) is 1. The molecule has 0 saturated heterocycles. The average molecular weight is 484 g/mol. The van der Waals surface area contributed by atoms with Crippen molar-refractivity contribution in [3.05, 3.63) is 88.7 Å². The van der Waals surface area contributed by atoms with E-state index in [0.29, 0.717) is 22.5 Å². The molecule has 0 unspecified atom stereocenters. The predicted octanol–water partition coefficient (Wildman–Crippen LogP) is 5.39. The molecule has 4 N–H and O–H groups in total. The van der Waals surface area contributed by atoms with E-state index in [1.807, 2.05) is 19.1 Å². The standard InChI is InChI=1S/C25H23F3N4O3/c1-14-7-3-6-10-19(14)31-24(34)17-11-15(12-20-22(17)32-21(30-20)13-35-2)29-23(33)16-8-4-5-9-18(16)25(26,27)28/h3-12,23,29,33H,13H2,1-2H3,(H,30,32)(H,31,34)/t23-/m1/s1. The van der Waals surface area contributed by atoms with Crippen LogP contribution in [-0.4, -0.2) is 28.1 Å². The fourth-order valence-electron chi connectivity index (χ4n) is 3.76. The van der Waals surface area contributed by atoms with Gasteiger partial charge in [0.25, 0.3) is 5.91 Å². The summed E-state index contributed by atoms with van der Waals surface area (Å²) in [4.78, 5) is 20.7. The van der Waals surface area contributed by atoms with Crippen LogP contribution >= 0.6 is 0 Å². The van der Waals surface area contributed by atoms with Crippen LogP contribution in [0.2, 0.25) is 0 Å². The Morgan fingerprint density at radius 1 is 1.14 bits per heavy atom. The van der Waals surface area contributed by atoms with Crippen molar-refractivity contribution in [2.24, 2.45) is 0 Å². The number of nitrogens with zero attached hydrogens (tertiary/aromatic N) is 1. The molecule has 0 aliphatic rings. The van der Waals surface area contributed by atoms with E-state index in [1.54, 1.807) is 18.2 Å². The highest BCUT2D eigenvalue weighted by atomic mass is 19.4. The van der Waals surface area contributed by atoms with Crippen LogP contribution in [0.25, 0.3) is 11.0 Å². The second-order valence-electron chi connectivity index (χ2n) is 7.94. The van der Waals surface area contributed by atoms with Gasteiger partial charge in [-0.15, -0.1) is 0 Å². The molecular formula is C25H23F3N4O3. The summed E-state index contributed by atoms with van der Waals surface area (Å²) in [6.07, 6.45) is -6.32. The van der Waals surface area contributed by atoms with Gasteiger partial charge in [0.15, 0.2) is 6.23 Å². The Morgan fingerprint density at radius 3 is 2.57 bits per heavy atom. The summed E-state index contributed by atoms with van der Waals surface area (Å²) in [6, 6.07) is 15.0. The number of fused-ring (bicyclic) bond motifs is 1. The number of aliphatic hydroxyl groups is 1. The molecule has 0 aliphatic carbocycles. The summed E-state index contributed by atoms with van der Waals surface area (Å²) in [5.74, 6) is 0.00107. The summed E-state index contributed by atoms with van der Waals surface area (Å²) in [5, 5.41) is 16.1. The molecule has 1 aromatic heterocycles. The van der Waals surface area contributed by atoms with Crippen molar-refractivity contribution in [3.8, 4) is 0 Å². The quantitative estimate of drug-likeness (QED) is 0.264. The molecule has 4 rings (SSSR count). The number of amides is 1. The van der Waals surface area contributed by atoms with Gasteiger partial charge in [-0.05, 0) is 36.8 Å². The van der Waals surface area contributed by atoms with Gasteiger partial charge in [0.1, 0.15) is 17.9 Å². The lowest BCUT2D eigenvalue weighted by molar-refractivity contribution is -0.139. The van der Waals surface area contributed by atoms with Crippen LogP contribution in [0.1, 0.15) is 39.1 Å². The fourth-order valence-corrected chi connectivity index (χ4v) is 3.76. The molecule has 10 heteroatoms. The van der Waals surface area contributed by atoms with Crippen molar-refractivity contribution in [1.82, 2.24) is 9.97 Å². The third-order valence-electron chi connectivity index (χ3n) is 5.42. The second kappa shape index (κ2) is 9.77. The number of benzene rings is 3. The molecule has 4 aromatic rings. The summed E-state index contributed by atoms with van der Waals surface area (Å²) in [5.41, 5.74) is 1.38. The number of anilines is 2. The van der Waals surface area contributed by atoms with Gasteiger partial charge in [0, 0.05) is 24.0 Å². The first kappa shape index (κ1) is 24.2. The van der Waals surface area contributed by atoms with E-state index in [0.717, 1.165) is 11.6 Å². The largest absolute Gasteiger partial charge is 0.416 e. The Hall–Kier alpha value is -3.89. The number of carbonyl (C=O) groups excluding carboxylic acids is 1. The molecule has 0 spiro atoms. The summed E-state index contributed by atoms with van der Waals surface area (Å²) < 4.78 is 45.4. The minimum absolute atomic E-state index is 0.165. The number of carbonyl (C=O) groups is 1. The topological polar surface area (TPSA) is 99.3 Å². The summed E-state index contributed by atoms with van der Waals surface area (Å²) in [7, 11) is 1.50. The molecule has 0 saturated carbocycles. The van der Waals surface area contributed by atoms with Crippen LogP contribution in [0.3, 0.4) is 0 Å². The Morgan fingerprint density at radius 2 is 1.86 bits per heavy atom. The molecule has 1 amide bonds. The molecule has 1 atom stereocenters. The van der Waals surface area contributed by atoms with Crippen LogP contribution in [0, 0.1) is 6.92 Å². The van der Waals surface area contributed by atoms with Crippen molar-refractivity contribution in [1.29, 1.82) is 0 Å². The number of H-pyrrole nitrogens is 1. The van der Waals surface area contributed by atoms with Crippen molar-refractivity contribution >= 4 is 28.3 Å². The fraction of sp³-hybridized carbons (Fsp3) is 0.200. The van der Waals surface area contributed by atoms with Crippen molar-refractivity contribution in [2.75, 3.05) is 17.7 Å². The highest BCUT2D eigenvalue weighted by Gasteiger charge is 2.34. The molecule has 3 aromatic carbocycles. The van der Waals surface area contributed by atoms with Gasteiger partial charge < -0.3 is 25.5 Å². The van der Waals surface area contributed by atoms with E-state index in [-0.39, 0.29) is 23.4 Å². The maximum Gasteiger partial charge on any atom is 0.416 e. The van der Waals surface area contributed by atoms with E-state index in [1.165, 1.54) is 31.4 Å². The van der Waals surface area contributed by atoms with Crippen molar-refractivity contribution in [3.63, 3.8) is 0 Å². The number of imidazole rings is 1. The molecule has 182 valence electrons. The summed E-state index contributed by atoms with van der Waals surface area (Å²) >= 11 is 0. The molecule has 7 nitrogen and oxygen atoms in total. The van der Waals surface area contributed by atoms with Crippen molar-refractivity contribution in [2.45, 2.75) is 25.9 Å². The number of aromatic amines is 1. The highest BCUT2D eigenvalue weighted by molar-refractivity contribution is 6.12. The zero-order valence-corrected chi connectivity index (χ0v) is 18.9. The average Bonchev–Trinajstić information content (AvgIpc) is 3.22. The molecular weight excluding hydrogens is 461 g/mol. The lowest BCUT2D eigenvalue weighted by Crippen LogP contribution is -2.18. The Balaban J connectivity index is 1.73. The smallest absolute Gasteiger partial charge is 0.377 e. The van der Waals surface area contributed by atoms with E-state index in [9.17, 15) is 23.1 Å². The Bertz CT molecular complexity index is 1370. The molecule has 1 heterocycles. The maximum atomic E-state index is 13.4. The zero-order valence-electron chi connectivity index (χ0n) is 18.9. The first-order chi connectivity index (χ1) is 16.7. The number of methoxy groups -OCH3 is 1. The Labute approximate surface area is 199 Å². The number of aryl methyl sites for hydroxylation is 1. The third-order valence-corrected chi connectivity index (χ3v) is 5.42. The van der Waals surface area contributed by atoms with E-state index in [2.05, 4.69) is 20.6 Å². The molecule has 0 bridgehead atoms. The SMILES string of the molecule is COCc1nc2c(C(=O)Nc3ccccc3C)cc(N[C@H](O)c3ccccc3C(F)(F)F)cc2[nH]1. The van der Waals surface area contributed by atoms with Crippen LogP contribution in [0.5, 0.6) is 0 Å². The predicted molar refractivity (Wildman–Crippen MR) is 126 cm³/mol. The van der Waals surface area contributed by atoms with E-state index in [4.69, 9.17) is 4.74 Å².